The van der Waals surface area contributed by atoms with Crippen LogP contribution in [0.4, 0.5) is 15.6 Å². The Balaban J connectivity index is 1.72. The van der Waals surface area contributed by atoms with Crippen LogP contribution in [-0.4, -0.2) is 35.7 Å². The second-order valence-electron chi connectivity index (χ2n) is 8.71. The summed E-state index contributed by atoms with van der Waals surface area (Å²) in [5.41, 5.74) is 0.802. The van der Waals surface area contributed by atoms with Crippen LogP contribution in [0.2, 0.25) is 0 Å². The minimum Gasteiger partial charge on any atom is -0.476 e. The molecule has 1 aromatic heterocycles. The zero-order valence-electron chi connectivity index (χ0n) is 20.1. The Morgan fingerprint density at radius 1 is 1.12 bits per heavy atom. The predicted molar refractivity (Wildman–Crippen MR) is 132 cm³/mol. The van der Waals surface area contributed by atoms with E-state index in [0.29, 0.717) is 24.0 Å². The summed E-state index contributed by atoms with van der Waals surface area (Å²) in [6.45, 7) is 8.17. The van der Waals surface area contributed by atoms with Gasteiger partial charge in [0.05, 0.1) is 12.3 Å². The Kier molecular flexibility index (Phi) is 8.72. The number of carbonyl (C=O) groups is 2. The maximum absolute atomic E-state index is 13.2. The first-order chi connectivity index (χ1) is 15.8. The van der Waals surface area contributed by atoms with Gasteiger partial charge >= 0.3 is 12.0 Å². The van der Waals surface area contributed by atoms with Gasteiger partial charge < -0.3 is 9.47 Å². The number of aryl methyl sites for hydroxylation is 2. The molecule has 2 aromatic rings. The Morgan fingerprint density at radius 3 is 2.52 bits per heavy atom. The van der Waals surface area contributed by atoms with E-state index in [4.69, 9.17) is 9.47 Å². The lowest BCUT2D eigenvalue weighted by atomic mass is 10.0. The van der Waals surface area contributed by atoms with E-state index < -0.39 is 11.6 Å². The van der Waals surface area contributed by atoms with Crippen molar-refractivity contribution in [1.82, 2.24) is 4.98 Å². The summed E-state index contributed by atoms with van der Waals surface area (Å²) in [7, 11) is 0. The number of hydrogen-bond donors (Lipinski definition) is 1. The number of hydrogen-bond acceptors (Lipinski definition) is 6. The third-order valence-electron chi connectivity index (χ3n) is 5.58. The van der Waals surface area contributed by atoms with E-state index in [9.17, 15) is 9.59 Å². The molecule has 3 rings (SSSR count). The highest BCUT2D eigenvalue weighted by atomic mass is 32.1. The van der Waals surface area contributed by atoms with Crippen LogP contribution in [0.15, 0.2) is 24.3 Å². The highest BCUT2D eigenvalue weighted by Crippen LogP contribution is 2.30. The second-order valence-corrected chi connectivity index (χ2v) is 9.80. The molecule has 7 nitrogen and oxygen atoms in total. The summed E-state index contributed by atoms with van der Waals surface area (Å²) in [4.78, 5) is 33.0. The van der Waals surface area contributed by atoms with Gasteiger partial charge in [0.1, 0.15) is 5.75 Å². The maximum Gasteiger partial charge on any atom is 0.349 e. The molecule has 0 atom stereocenters. The summed E-state index contributed by atoms with van der Waals surface area (Å²) < 4.78 is 10.9. The molecule has 8 heteroatoms. The first-order valence-corrected chi connectivity index (χ1v) is 12.7. The Hall–Kier alpha value is -2.61. The SMILES string of the molecule is CCCCCN(C(=O)Nc1nc2c(s1)CCCC2)c1ccc(OC(C)(C)C(=O)OCC)cc1. The number of anilines is 2. The van der Waals surface area contributed by atoms with Crippen LogP contribution >= 0.6 is 11.3 Å². The van der Waals surface area contributed by atoms with Crippen LogP contribution in [0.1, 0.15) is 70.4 Å². The minimum atomic E-state index is -1.10. The molecule has 0 unspecified atom stereocenters. The third kappa shape index (κ3) is 6.69. The number of carbonyl (C=O) groups excluding carboxylic acids is 2. The molecule has 2 amide bonds. The van der Waals surface area contributed by atoms with E-state index in [1.807, 2.05) is 12.1 Å². The molecule has 1 aliphatic rings. The van der Waals surface area contributed by atoms with Gasteiger partial charge in [0.2, 0.25) is 0 Å². The van der Waals surface area contributed by atoms with Crippen molar-refractivity contribution in [3.8, 4) is 5.75 Å². The fourth-order valence-corrected chi connectivity index (χ4v) is 4.81. The quantitative estimate of drug-likeness (QED) is 0.340. The van der Waals surface area contributed by atoms with Crippen molar-refractivity contribution in [3.63, 3.8) is 0 Å². The first kappa shape index (κ1) is 25.0. The number of ether oxygens (including phenoxy) is 2. The van der Waals surface area contributed by atoms with Gasteiger partial charge in [-0.3, -0.25) is 10.2 Å². The number of amides is 2. The largest absolute Gasteiger partial charge is 0.476 e. The lowest BCUT2D eigenvalue weighted by molar-refractivity contribution is -0.158. The van der Waals surface area contributed by atoms with Crippen molar-refractivity contribution in [3.05, 3.63) is 34.8 Å². The standard InChI is InChI=1S/C25H35N3O4S/c1-5-7-10-17-28(24(30)27-23-26-20-11-8-9-12-21(20)33-23)18-13-15-19(16-14-18)32-25(3,4)22(29)31-6-2/h13-16H,5-12,17H2,1-4H3,(H,26,27,30). The van der Waals surface area contributed by atoms with E-state index in [2.05, 4.69) is 17.2 Å². The molecule has 0 bridgehead atoms. The van der Waals surface area contributed by atoms with Crippen molar-refractivity contribution in [2.24, 2.45) is 0 Å². The minimum absolute atomic E-state index is 0.183. The molecular weight excluding hydrogens is 438 g/mol. The van der Waals surface area contributed by atoms with E-state index >= 15 is 0 Å². The molecule has 0 aliphatic heterocycles. The molecule has 33 heavy (non-hydrogen) atoms. The monoisotopic (exact) mass is 473 g/mol. The van der Waals surface area contributed by atoms with Crippen LogP contribution in [0, 0.1) is 0 Å². The number of fused-ring (bicyclic) bond motifs is 1. The highest BCUT2D eigenvalue weighted by molar-refractivity contribution is 7.15. The number of unbranched alkanes of at least 4 members (excludes halogenated alkanes) is 2. The van der Waals surface area contributed by atoms with Crippen molar-refractivity contribution >= 4 is 34.2 Å². The van der Waals surface area contributed by atoms with E-state index in [1.54, 1.807) is 49.1 Å². The van der Waals surface area contributed by atoms with E-state index in [1.165, 1.54) is 11.3 Å². The third-order valence-corrected chi connectivity index (χ3v) is 6.65. The molecule has 0 saturated carbocycles. The number of aromatic nitrogens is 1. The lowest BCUT2D eigenvalue weighted by Crippen LogP contribution is -2.39. The number of nitrogens with one attached hydrogen (secondary N) is 1. The van der Waals surface area contributed by atoms with Gasteiger partial charge in [-0.2, -0.15) is 0 Å². The van der Waals surface area contributed by atoms with Crippen molar-refractivity contribution < 1.29 is 19.1 Å². The van der Waals surface area contributed by atoms with Gasteiger partial charge in [-0.25, -0.2) is 14.6 Å². The molecule has 1 N–H and O–H groups in total. The molecule has 180 valence electrons. The number of urea groups is 1. The molecule has 0 fully saturated rings. The van der Waals surface area contributed by atoms with Crippen LogP contribution in [0.5, 0.6) is 5.75 Å². The van der Waals surface area contributed by atoms with Crippen molar-refractivity contribution in [1.29, 1.82) is 0 Å². The van der Waals surface area contributed by atoms with Gasteiger partial charge in [0.25, 0.3) is 0 Å². The number of rotatable bonds is 10. The van der Waals surface area contributed by atoms with Gasteiger partial charge in [0.15, 0.2) is 10.7 Å². The van der Waals surface area contributed by atoms with E-state index in [-0.39, 0.29) is 6.03 Å². The van der Waals surface area contributed by atoms with Gasteiger partial charge in [-0.1, -0.05) is 19.8 Å². The molecule has 0 radical (unpaired) electrons. The van der Waals surface area contributed by atoms with Gasteiger partial charge in [-0.15, -0.1) is 11.3 Å². The normalized spacial score (nSPS) is 13.2. The number of thiazole rings is 1. The van der Waals surface area contributed by atoms with Crippen LogP contribution in [0.3, 0.4) is 0 Å². The van der Waals surface area contributed by atoms with Crippen LogP contribution in [-0.2, 0) is 22.4 Å². The summed E-state index contributed by atoms with van der Waals surface area (Å²) >= 11 is 1.59. The van der Waals surface area contributed by atoms with Gasteiger partial charge in [0, 0.05) is 17.1 Å². The maximum atomic E-state index is 13.2. The molecule has 0 spiro atoms. The van der Waals surface area contributed by atoms with Crippen LogP contribution < -0.4 is 15.0 Å². The topological polar surface area (TPSA) is 80.8 Å². The molecule has 1 aromatic carbocycles. The van der Waals surface area contributed by atoms with Crippen molar-refractivity contribution in [2.75, 3.05) is 23.4 Å². The first-order valence-electron chi connectivity index (χ1n) is 11.9. The number of benzene rings is 1. The molecule has 1 aliphatic carbocycles. The second kappa shape index (κ2) is 11.5. The highest BCUT2D eigenvalue weighted by Gasteiger charge is 2.31. The van der Waals surface area contributed by atoms with Crippen LogP contribution in [0.25, 0.3) is 0 Å². The zero-order valence-corrected chi connectivity index (χ0v) is 20.9. The fraction of sp³-hybridized carbons (Fsp3) is 0.560. The van der Waals surface area contributed by atoms with Crippen molar-refractivity contribution in [2.45, 2.75) is 78.2 Å². The summed E-state index contributed by atoms with van der Waals surface area (Å²) in [5, 5.41) is 3.68. The molecule has 0 saturated heterocycles. The van der Waals surface area contributed by atoms with E-state index in [0.717, 1.165) is 49.9 Å². The average Bonchev–Trinajstić information content (AvgIpc) is 3.19. The molecule has 1 heterocycles. The number of esters is 1. The Bertz CT molecular complexity index is 916. The summed E-state index contributed by atoms with van der Waals surface area (Å²) in [5.74, 6) is 0.124. The smallest absolute Gasteiger partial charge is 0.349 e. The summed E-state index contributed by atoms with van der Waals surface area (Å²) in [6.07, 6.45) is 7.42. The zero-order chi connectivity index (χ0) is 23.8. The predicted octanol–water partition coefficient (Wildman–Crippen LogP) is 5.97. The van der Waals surface area contributed by atoms with Gasteiger partial charge in [-0.05, 0) is 77.1 Å². The number of nitrogens with zero attached hydrogens (tertiary/aromatic N) is 2. The molecular formula is C25H35N3O4S. The Labute approximate surface area is 200 Å². The fourth-order valence-electron chi connectivity index (χ4n) is 3.77. The Morgan fingerprint density at radius 2 is 1.85 bits per heavy atom. The lowest BCUT2D eigenvalue weighted by Gasteiger charge is -2.25. The summed E-state index contributed by atoms with van der Waals surface area (Å²) in [6, 6.07) is 7.05. The average molecular weight is 474 g/mol.